The van der Waals surface area contributed by atoms with Crippen LogP contribution in [0.2, 0.25) is 0 Å². The molecule has 0 amide bonds. The van der Waals surface area contributed by atoms with Crippen LogP contribution in [0.25, 0.3) is 0 Å². The molecule has 5 nitrogen and oxygen atoms in total. The first-order chi connectivity index (χ1) is 11.4. The average Bonchev–Trinajstić information content (AvgIpc) is 2.54. The van der Waals surface area contributed by atoms with Crippen LogP contribution in [0.4, 0.5) is 19.0 Å². The molecular formula is C16H18F3N3O2. The Morgan fingerprint density at radius 1 is 1.29 bits per heavy atom. The molecule has 1 aromatic heterocycles. The van der Waals surface area contributed by atoms with Crippen molar-refractivity contribution in [1.82, 2.24) is 9.97 Å². The highest BCUT2D eigenvalue weighted by Crippen LogP contribution is 2.30. The van der Waals surface area contributed by atoms with E-state index in [2.05, 4.69) is 15.3 Å². The smallest absolute Gasteiger partial charge is 0.266 e. The van der Waals surface area contributed by atoms with Crippen molar-refractivity contribution in [3.05, 3.63) is 47.2 Å². The van der Waals surface area contributed by atoms with E-state index in [9.17, 15) is 13.2 Å². The predicted octanol–water partition coefficient (Wildman–Crippen LogP) is 3.41. The Balaban J connectivity index is 2.28. The molecule has 1 heterocycles. The predicted molar refractivity (Wildman–Crippen MR) is 82.7 cm³/mol. The van der Waals surface area contributed by atoms with Crippen LogP contribution in [0, 0.1) is 12.7 Å². The van der Waals surface area contributed by atoms with Gasteiger partial charge in [0.15, 0.2) is 11.6 Å². The highest BCUT2D eigenvalue weighted by atomic mass is 19.3. The number of hydrogen-bond acceptors (Lipinski definition) is 5. The van der Waals surface area contributed by atoms with Crippen LogP contribution in [0.15, 0.2) is 24.4 Å². The monoisotopic (exact) mass is 341 g/mol. The summed E-state index contributed by atoms with van der Waals surface area (Å²) >= 11 is 0. The normalized spacial score (nSPS) is 12.3. The second-order valence-corrected chi connectivity index (χ2v) is 5.12. The number of ether oxygens (including phenoxy) is 1. The minimum atomic E-state index is -2.89. The maximum absolute atomic E-state index is 14.2. The summed E-state index contributed by atoms with van der Waals surface area (Å²) in [6.07, 6.45) is -1.46. The largest absolute Gasteiger partial charge is 0.486 e. The fourth-order valence-electron chi connectivity index (χ4n) is 2.18. The maximum Gasteiger partial charge on any atom is 0.266 e. The Morgan fingerprint density at radius 2 is 2.00 bits per heavy atom. The average molecular weight is 341 g/mol. The van der Waals surface area contributed by atoms with Crippen molar-refractivity contribution in [3.8, 4) is 5.75 Å². The molecule has 8 heteroatoms. The lowest BCUT2D eigenvalue weighted by molar-refractivity contribution is 0.146. The molecule has 2 N–H and O–H groups in total. The Hall–Kier alpha value is -2.35. The van der Waals surface area contributed by atoms with Gasteiger partial charge in [0.25, 0.3) is 6.43 Å². The van der Waals surface area contributed by atoms with Gasteiger partial charge in [0.05, 0.1) is 24.4 Å². The van der Waals surface area contributed by atoms with Gasteiger partial charge < -0.3 is 15.2 Å². The number of alkyl halides is 2. The van der Waals surface area contributed by atoms with E-state index in [0.29, 0.717) is 11.6 Å². The van der Waals surface area contributed by atoms with Crippen LogP contribution in [0.5, 0.6) is 5.75 Å². The summed E-state index contributed by atoms with van der Waals surface area (Å²) in [5, 5.41) is 11.8. The highest BCUT2D eigenvalue weighted by molar-refractivity contribution is 5.50. The summed E-state index contributed by atoms with van der Waals surface area (Å²) < 4.78 is 45.2. The van der Waals surface area contributed by atoms with E-state index in [1.54, 1.807) is 13.8 Å². The Bertz CT molecular complexity index is 698. The van der Waals surface area contributed by atoms with Crippen LogP contribution < -0.4 is 10.1 Å². The summed E-state index contributed by atoms with van der Waals surface area (Å²) in [4.78, 5) is 8.18. The second-order valence-electron chi connectivity index (χ2n) is 5.12. The molecular weight excluding hydrogens is 323 g/mol. The molecule has 0 spiro atoms. The van der Waals surface area contributed by atoms with Gasteiger partial charge in [-0.2, -0.15) is 0 Å². The van der Waals surface area contributed by atoms with E-state index in [4.69, 9.17) is 9.84 Å². The van der Waals surface area contributed by atoms with E-state index >= 15 is 0 Å². The summed E-state index contributed by atoms with van der Waals surface area (Å²) in [7, 11) is 0. The van der Waals surface area contributed by atoms with Gasteiger partial charge in [-0.25, -0.2) is 23.1 Å². The molecule has 1 aromatic carbocycles. The van der Waals surface area contributed by atoms with Gasteiger partial charge in [0.2, 0.25) is 0 Å². The zero-order chi connectivity index (χ0) is 17.7. The Kier molecular flexibility index (Phi) is 5.97. The van der Waals surface area contributed by atoms with Gasteiger partial charge in [-0.15, -0.1) is 0 Å². The van der Waals surface area contributed by atoms with Gasteiger partial charge >= 0.3 is 0 Å². The molecule has 0 radical (unpaired) electrons. The first-order valence-corrected chi connectivity index (χ1v) is 7.34. The van der Waals surface area contributed by atoms with Gasteiger partial charge in [-0.1, -0.05) is 18.2 Å². The lowest BCUT2D eigenvalue weighted by Crippen LogP contribution is -2.14. The number of benzene rings is 1. The van der Waals surface area contributed by atoms with Crippen molar-refractivity contribution in [1.29, 1.82) is 0 Å². The zero-order valence-corrected chi connectivity index (χ0v) is 13.3. The van der Waals surface area contributed by atoms with E-state index in [-0.39, 0.29) is 24.5 Å². The minimum absolute atomic E-state index is 0.0463. The SMILES string of the molecule is Cc1ncc(OCCO)c(N[C@H](C)c2cccc(C(F)F)c2F)n1. The highest BCUT2D eigenvalue weighted by Gasteiger charge is 2.20. The van der Waals surface area contributed by atoms with Crippen LogP contribution >= 0.6 is 0 Å². The topological polar surface area (TPSA) is 67.3 Å². The van der Waals surface area contributed by atoms with E-state index in [0.717, 1.165) is 6.07 Å². The molecule has 0 aliphatic rings. The molecule has 2 rings (SSSR count). The molecule has 0 aliphatic heterocycles. The molecule has 0 aliphatic carbocycles. The second kappa shape index (κ2) is 7.96. The summed E-state index contributed by atoms with van der Waals surface area (Å²) in [5.41, 5.74) is -0.547. The first-order valence-electron chi connectivity index (χ1n) is 7.34. The summed E-state index contributed by atoms with van der Waals surface area (Å²) in [6.45, 7) is 3.16. The molecule has 0 bridgehead atoms. The third-order valence-corrected chi connectivity index (χ3v) is 3.34. The van der Waals surface area contributed by atoms with Crippen molar-refractivity contribution >= 4 is 5.82 Å². The van der Waals surface area contributed by atoms with Gasteiger partial charge in [-0.05, 0) is 13.8 Å². The minimum Gasteiger partial charge on any atom is -0.486 e. The quantitative estimate of drug-likeness (QED) is 0.808. The van der Waals surface area contributed by atoms with Crippen LogP contribution in [0.1, 0.15) is 36.3 Å². The molecule has 0 saturated heterocycles. The standard InChI is InChI=1S/C16H18F3N3O2/c1-9(11-4-3-5-12(14(11)17)15(18)19)21-16-13(24-7-6-23)8-20-10(2)22-16/h3-5,8-9,15,23H,6-7H2,1-2H3,(H,20,21,22)/t9-/m1/s1. The molecule has 2 aromatic rings. The molecule has 0 saturated carbocycles. The van der Waals surface area contributed by atoms with Gasteiger partial charge in [-0.3, -0.25) is 0 Å². The van der Waals surface area contributed by atoms with Gasteiger partial charge in [0, 0.05) is 5.56 Å². The number of nitrogens with zero attached hydrogens (tertiary/aromatic N) is 2. The number of rotatable bonds is 7. The molecule has 24 heavy (non-hydrogen) atoms. The fourth-order valence-corrected chi connectivity index (χ4v) is 2.18. The van der Waals surface area contributed by atoms with E-state index < -0.39 is 23.8 Å². The first kappa shape index (κ1) is 18.0. The zero-order valence-electron chi connectivity index (χ0n) is 13.3. The lowest BCUT2D eigenvalue weighted by Gasteiger charge is -2.19. The number of anilines is 1. The van der Waals surface area contributed by atoms with Crippen molar-refractivity contribution < 1.29 is 23.0 Å². The van der Waals surface area contributed by atoms with Crippen LogP contribution in [-0.2, 0) is 0 Å². The summed E-state index contributed by atoms with van der Waals surface area (Å²) in [5.74, 6) is 0.0937. The van der Waals surface area contributed by atoms with Crippen LogP contribution in [-0.4, -0.2) is 28.3 Å². The lowest BCUT2D eigenvalue weighted by atomic mass is 10.0. The van der Waals surface area contributed by atoms with Crippen LogP contribution in [0.3, 0.4) is 0 Å². The van der Waals surface area contributed by atoms with Crippen molar-refractivity contribution in [2.24, 2.45) is 0 Å². The number of aliphatic hydroxyl groups excluding tert-OH is 1. The maximum atomic E-state index is 14.2. The summed E-state index contributed by atoms with van der Waals surface area (Å²) in [6, 6.07) is 3.24. The van der Waals surface area contributed by atoms with Crippen molar-refractivity contribution in [2.75, 3.05) is 18.5 Å². The molecule has 130 valence electrons. The fraction of sp³-hybridized carbons (Fsp3) is 0.375. The third kappa shape index (κ3) is 4.14. The number of hydrogen-bond donors (Lipinski definition) is 2. The number of aryl methyl sites for hydroxylation is 1. The Morgan fingerprint density at radius 3 is 2.67 bits per heavy atom. The number of halogens is 3. The number of aliphatic hydroxyl groups is 1. The number of nitrogens with one attached hydrogen (secondary N) is 1. The van der Waals surface area contributed by atoms with Crippen molar-refractivity contribution in [3.63, 3.8) is 0 Å². The van der Waals surface area contributed by atoms with Crippen molar-refractivity contribution in [2.45, 2.75) is 26.3 Å². The third-order valence-electron chi connectivity index (χ3n) is 3.34. The molecule has 0 fully saturated rings. The van der Waals surface area contributed by atoms with E-state index in [1.807, 2.05) is 0 Å². The molecule has 0 unspecified atom stereocenters. The Labute approximate surface area is 137 Å². The molecule has 1 atom stereocenters. The van der Waals surface area contributed by atoms with E-state index in [1.165, 1.54) is 18.3 Å². The van der Waals surface area contributed by atoms with Gasteiger partial charge in [0.1, 0.15) is 18.2 Å². The number of aromatic nitrogens is 2.